The summed E-state index contributed by atoms with van der Waals surface area (Å²) in [4.78, 5) is 25.3. The topological polar surface area (TPSA) is 111 Å². The summed E-state index contributed by atoms with van der Waals surface area (Å²) in [5, 5.41) is 2.85. The highest BCUT2D eigenvalue weighted by atomic mass is 32.2. The molecule has 162 valence electrons. The number of esters is 1. The van der Waals surface area contributed by atoms with Crippen LogP contribution in [0.2, 0.25) is 0 Å². The molecule has 1 fully saturated rings. The van der Waals surface area contributed by atoms with Crippen LogP contribution in [0.15, 0.2) is 29.3 Å². The van der Waals surface area contributed by atoms with Crippen LogP contribution in [0.5, 0.6) is 11.5 Å². The predicted molar refractivity (Wildman–Crippen MR) is 106 cm³/mol. The van der Waals surface area contributed by atoms with E-state index in [1.54, 1.807) is 26.0 Å². The smallest absolute Gasteiger partial charge is 0.335 e. The lowest BCUT2D eigenvalue weighted by atomic mass is 9.83. The molecule has 1 saturated heterocycles. The van der Waals surface area contributed by atoms with Gasteiger partial charge in [-0.15, -0.1) is 0 Å². The Morgan fingerprint density at radius 3 is 2.60 bits per heavy atom. The van der Waals surface area contributed by atoms with E-state index in [9.17, 15) is 18.0 Å². The number of ether oxygens (including phenoxy) is 3. The summed E-state index contributed by atoms with van der Waals surface area (Å²) in [5.41, 5.74) is 0.306. The van der Waals surface area contributed by atoms with E-state index in [1.165, 1.54) is 4.31 Å². The molecule has 0 unspecified atom stereocenters. The summed E-state index contributed by atoms with van der Waals surface area (Å²) in [7, 11) is -3.33. The third-order valence-electron chi connectivity index (χ3n) is 5.83. The first kappa shape index (κ1) is 20.7. The van der Waals surface area contributed by atoms with Crippen LogP contribution in [0, 0.1) is 0 Å². The second-order valence-corrected chi connectivity index (χ2v) is 9.81. The number of amides is 1. The van der Waals surface area contributed by atoms with Crippen molar-refractivity contribution in [2.45, 2.75) is 38.8 Å². The molecule has 3 aliphatic heterocycles. The summed E-state index contributed by atoms with van der Waals surface area (Å²) in [6.07, 6.45) is 0.504. The molecule has 30 heavy (non-hydrogen) atoms. The van der Waals surface area contributed by atoms with Crippen molar-refractivity contribution in [3.63, 3.8) is 0 Å². The molecular weight excluding hydrogens is 412 g/mol. The van der Waals surface area contributed by atoms with E-state index in [4.69, 9.17) is 14.2 Å². The zero-order valence-corrected chi connectivity index (χ0v) is 17.7. The molecule has 3 heterocycles. The molecule has 0 atom stereocenters. The van der Waals surface area contributed by atoms with Crippen molar-refractivity contribution >= 4 is 21.9 Å². The predicted octanol–water partition coefficient (Wildman–Crippen LogP) is 1.09. The molecule has 1 aromatic carbocycles. The Balaban J connectivity index is 1.48. The van der Waals surface area contributed by atoms with Crippen LogP contribution in [0.4, 0.5) is 0 Å². The maximum atomic E-state index is 13.0. The molecule has 0 aromatic heterocycles. The van der Waals surface area contributed by atoms with Gasteiger partial charge in [-0.2, -0.15) is 0 Å². The number of carbonyl (C=O) groups excluding carboxylic acids is 2. The van der Waals surface area contributed by atoms with E-state index < -0.39 is 21.6 Å². The number of hydrogen-bond acceptors (Lipinski definition) is 7. The molecule has 3 aliphatic rings. The monoisotopic (exact) mass is 436 g/mol. The third kappa shape index (κ3) is 3.54. The van der Waals surface area contributed by atoms with E-state index in [0.29, 0.717) is 17.1 Å². The van der Waals surface area contributed by atoms with Gasteiger partial charge in [-0.3, -0.25) is 4.79 Å². The Labute approximate surface area is 175 Å². The zero-order valence-electron chi connectivity index (χ0n) is 16.9. The summed E-state index contributed by atoms with van der Waals surface area (Å²) in [5.74, 6) is 0.374. The molecule has 1 N–H and O–H groups in total. The number of benzene rings is 1. The number of piperidine rings is 1. The highest BCUT2D eigenvalue weighted by Gasteiger charge is 2.51. The SMILES string of the molecule is CCS(=O)(=O)N1CCC2(CC1)OC(=O)C(C)=C2C(=O)NCc1ccc2c(c1)OCO2. The first-order valence-electron chi connectivity index (χ1n) is 9.85. The van der Waals surface area contributed by atoms with Crippen LogP contribution in [0.1, 0.15) is 32.3 Å². The van der Waals surface area contributed by atoms with Gasteiger partial charge in [0.15, 0.2) is 11.5 Å². The van der Waals surface area contributed by atoms with Crippen LogP contribution < -0.4 is 14.8 Å². The summed E-state index contributed by atoms with van der Waals surface area (Å²) >= 11 is 0. The zero-order chi connectivity index (χ0) is 21.5. The minimum absolute atomic E-state index is 0.0114. The van der Waals surface area contributed by atoms with Gasteiger partial charge in [0.1, 0.15) is 5.60 Å². The van der Waals surface area contributed by atoms with Crippen molar-refractivity contribution in [2.24, 2.45) is 0 Å². The standard InChI is InChI=1S/C20H24N2O7S/c1-3-30(25,26)22-8-6-20(7-9-22)17(13(2)19(24)29-20)18(23)21-11-14-4-5-15-16(10-14)28-12-27-15/h4-5,10H,3,6-9,11-12H2,1-2H3,(H,21,23). The fourth-order valence-electron chi connectivity index (χ4n) is 4.11. The normalized spacial score (nSPS) is 20.5. The van der Waals surface area contributed by atoms with Crippen LogP contribution in [0.25, 0.3) is 0 Å². The van der Waals surface area contributed by atoms with Crippen molar-refractivity contribution in [1.82, 2.24) is 9.62 Å². The molecule has 1 aromatic rings. The van der Waals surface area contributed by atoms with E-state index >= 15 is 0 Å². The Bertz CT molecular complexity index is 1020. The molecule has 0 aliphatic carbocycles. The van der Waals surface area contributed by atoms with E-state index in [-0.39, 0.29) is 56.5 Å². The van der Waals surface area contributed by atoms with Gasteiger partial charge < -0.3 is 19.5 Å². The van der Waals surface area contributed by atoms with Crippen LogP contribution in [0.3, 0.4) is 0 Å². The van der Waals surface area contributed by atoms with Gasteiger partial charge in [0.05, 0.1) is 11.3 Å². The Morgan fingerprint density at radius 2 is 1.90 bits per heavy atom. The number of nitrogens with zero attached hydrogens (tertiary/aromatic N) is 1. The van der Waals surface area contributed by atoms with E-state index in [0.717, 1.165) is 5.56 Å². The minimum Gasteiger partial charge on any atom is -0.454 e. The highest BCUT2D eigenvalue weighted by Crippen LogP contribution is 2.41. The summed E-state index contributed by atoms with van der Waals surface area (Å²) < 4.78 is 41.9. The second-order valence-electron chi connectivity index (χ2n) is 7.55. The van der Waals surface area contributed by atoms with E-state index in [1.807, 2.05) is 6.07 Å². The number of hydrogen-bond donors (Lipinski definition) is 1. The fourth-order valence-corrected chi connectivity index (χ4v) is 5.21. The number of nitrogens with one attached hydrogen (secondary N) is 1. The lowest BCUT2D eigenvalue weighted by molar-refractivity contribution is -0.150. The molecule has 4 rings (SSSR count). The van der Waals surface area contributed by atoms with Crippen LogP contribution in [-0.2, 0) is 30.9 Å². The van der Waals surface area contributed by atoms with Gasteiger partial charge >= 0.3 is 5.97 Å². The lowest BCUT2D eigenvalue weighted by Crippen LogP contribution is -2.50. The molecule has 1 amide bonds. The van der Waals surface area contributed by atoms with Crippen LogP contribution >= 0.6 is 0 Å². The first-order valence-corrected chi connectivity index (χ1v) is 11.5. The lowest BCUT2D eigenvalue weighted by Gasteiger charge is -2.38. The number of sulfonamides is 1. The summed E-state index contributed by atoms with van der Waals surface area (Å²) in [6, 6.07) is 5.40. The van der Waals surface area contributed by atoms with Crippen molar-refractivity contribution in [1.29, 1.82) is 0 Å². The van der Waals surface area contributed by atoms with Crippen molar-refractivity contribution < 1.29 is 32.2 Å². The third-order valence-corrected chi connectivity index (χ3v) is 7.71. The van der Waals surface area contributed by atoms with Gasteiger partial charge in [0.25, 0.3) is 5.91 Å². The van der Waals surface area contributed by atoms with E-state index in [2.05, 4.69) is 5.32 Å². The van der Waals surface area contributed by atoms with Crippen molar-refractivity contribution in [3.8, 4) is 11.5 Å². The maximum absolute atomic E-state index is 13.0. The maximum Gasteiger partial charge on any atom is 0.335 e. The number of rotatable bonds is 5. The molecule has 0 saturated carbocycles. The van der Waals surface area contributed by atoms with Gasteiger partial charge in [-0.05, 0) is 31.5 Å². The van der Waals surface area contributed by atoms with Crippen LogP contribution in [-0.4, -0.2) is 55.8 Å². The average Bonchev–Trinajstić information content (AvgIpc) is 3.29. The molecule has 10 heteroatoms. The van der Waals surface area contributed by atoms with Crippen molar-refractivity contribution in [3.05, 3.63) is 34.9 Å². The van der Waals surface area contributed by atoms with Gasteiger partial charge in [0, 0.05) is 38.0 Å². The number of fused-ring (bicyclic) bond motifs is 1. The number of carbonyl (C=O) groups is 2. The molecule has 9 nitrogen and oxygen atoms in total. The Kier molecular flexibility index (Phi) is 5.23. The summed E-state index contributed by atoms with van der Waals surface area (Å²) in [6.45, 7) is 3.98. The Morgan fingerprint density at radius 1 is 1.20 bits per heavy atom. The molecular formula is C20H24N2O7S. The van der Waals surface area contributed by atoms with Crippen molar-refractivity contribution in [2.75, 3.05) is 25.6 Å². The van der Waals surface area contributed by atoms with Gasteiger partial charge in [-0.1, -0.05) is 6.07 Å². The highest BCUT2D eigenvalue weighted by molar-refractivity contribution is 7.89. The second kappa shape index (κ2) is 7.59. The Hall–Kier alpha value is -2.59. The average molecular weight is 436 g/mol. The fraction of sp³-hybridized carbons (Fsp3) is 0.500. The minimum atomic E-state index is -3.33. The van der Waals surface area contributed by atoms with Gasteiger partial charge in [0.2, 0.25) is 16.8 Å². The molecule has 0 bridgehead atoms. The molecule has 0 radical (unpaired) electrons. The largest absolute Gasteiger partial charge is 0.454 e. The quantitative estimate of drug-likeness (QED) is 0.688. The first-order chi connectivity index (χ1) is 14.3. The van der Waals surface area contributed by atoms with Gasteiger partial charge in [-0.25, -0.2) is 17.5 Å². The molecule has 1 spiro atoms.